The molecule has 2 N–H and O–H groups in total. The van der Waals surface area contributed by atoms with E-state index < -0.39 is 0 Å². The SMILES string of the molecule is COc1ccc2nc(NC(=O)C3NCCCC3(C)C)sc2c1. The molecule has 3 rings (SSSR count). The third kappa shape index (κ3) is 2.94. The fraction of sp³-hybridized carbons (Fsp3) is 0.500. The van der Waals surface area contributed by atoms with Gasteiger partial charge in [0.05, 0.1) is 23.4 Å². The maximum Gasteiger partial charge on any atom is 0.243 e. The molecule has 5 nitrogen and oxygen atoms in total. The number of amides is 1. The van der Waals surface area contributed by atoms with E-state index in [9.17, 15) is 4.79 Å². The van der Waals surface area contributed by atoms with Gasteiger partial charge in [0, 0.05) is 0 Å². The van der Waals surface area contributed by atoms with Crippen LogP contribution in [0.1, 0.15) is 26.7 Å². The van der Waals surface area contributed by atoms with Crippen LogP contribution >= 0.6 is 11.3 Å². The summed E-state index contributed by atoms with van der Waals surface area (Å²) in [7, 11) is 1.64. The standard InChI is InChI=1S/C16H21N3O2S/c1-16(2)7-4-8-17-13(16)14(20)19-15-18-11-6-5-10(21-3)9-12(11)22-15/h5-6,9,13,17H,4,7-8H2,1-3H3,(H,18,19,20). The van der Waals surface area contributed by atoms with Crippen LogP contribution in [0.25, 0.3) is 10.2 Å². The van der Waals surface area contributed by atoms with E-state index in [0.717, 1.165) is 35.4 Å². The minimum Gasteiger partial charge on any atom is -0.497 e. The maximum atomic E-state index is 12.6. The lowest BCUT2D eigenvalue weighted by molar-refractivity contribution is -0.121. The molecular weight excluding hydrogens is 298 g/mol. The van der Waals surface area contributed by atoms with Crippen LogP contribution in [0, 0.1) is 5.41 Å². The second-order valence-electron chi connectivity index (χ2n) is 6.32. The molecule has 0 aliphatic carbocycles. The van der Waals surface area contributed by atoms with Gasteiger partial charge in [0.1, 0.15) is 5.75 Å². The summed E-state index contributed by atoms with van der Waals surface area (Å²) in [5.74, 6) is 0.792. The number of rotatable bonds is 3. The first kappa shape index (κ1) is 15.2. The highest BCUT2D eigenvalue weighted by molar-refractivity contribution is 7.22. The molecule has 118 valence electrons. The van der Waals surface area contributed by atoms with Crippen molar-refractivity contribution in [3.8, 4) is 5.75 Å². The van der Waals surface area contributed by atoms with Crippen molar-refractivity contribution in [3.05, 3.63) is 18.2 Å². The molecule has 1 fully saturated rings. The molecule has 1 aromatic heterocycles. The highest BCUT2D eigenvalue weighted by Crippen LogP contribution is 2.32. The zero-order valence-corrected chi connectivity index (χ0v) is 13.9. The smallest absolute Gasteiger partial charge is 0.243 e. The van der Waals surface area contributed by atoms with Crippen LogP contribution in [-0.4, -0.2) is 30.6 Å². The van der Waals surface area contributed by atoms with Gasteiger partial charge in [-0.15, -0.1) is 0 Å². The van der Waals surface area contributed by atoms with E-state index >= 15 is 0 Å². The second-order valence-corrected chi connectivity index (χ2v) is 7.35. The largest absolute Gasteiger partial charge is 0.497 e. The molecule has 1 unspecified atom stereocenters. The summed E-state index contributed by atoms with van der Waals surface area (Å²) in [5.41, 5.74) is 0.833. The third-order valence-electron chi connectivity index (χ3n) is 4.22. The van der Waals surface area contributed by atoms with E-state index in [1.165, 1.54) is 11.3 Å². The summed E-state index contributed by atoms with van der Waals surface area (Å²) in [6, 6.07) is 5.54. The van der Waals surface area contributed by atoms with Crippen LogP contribution in [0.3, 0.4) is 0 Å². The Balaban J connectivity index is 1.79. The Morgan fingerprint density at radius 2 is 2.32 bits per heavy atom. The molecule has 1 aromatic carbocycles. The average Bonchev–Trinajstić information content (AvgIpc) is 2.87. The van der Waals surface area contributed by atoms with E-state index in [1.807, 2.05) is 18.2 Å². The Hall–Kier alpha value is -1.66. The number of thiazole rings is 1. The summed E-state index contributed by atoms with van der Waals surface area (Å²) in [5, 5.41) is 6.92. The summed E-state index contributed by atoms with van der Waals surface area (Å²) >= 11 is 1.47. The number of piperidine rings is 1. The Kier molecular flexibility index (Phi) is 4.06. The molecule has 0 spiro atoms. The van der Waals surface area contributed by atoms with Gasteiger partial charge in [-0.3, -0.25) is 4.79 Å². The number of carbonyl (C=O) groups is 1. The van der Waals surface area contributed by atoms with Crippen LogP contribution in [-0.2, 0) is 4.79 Å². The molecule has 1 aliphatic rings. The molecule has 2 aromatic rings. The van der Waals surface area contributed by atoms with E-state index in [0.29, 0.717) is 5.13 Å². The Morgan fingerprint density at radius 1 is 1.50 bits per heavy atom. The number of nitrogens with zero attached hydrogens (tertiary/aromatic N) is 1. The van der Waals surface area contributed by atoms with Gasteiger partial charge in [0.15, 0.2) is 5.13 Å². The topological polar surface area (TPSA) is 63.2 Å². The van der Waals surface area contributed by atoms with Gasteiger partial charge >= 0.3 is 0 Å². The third-order valence-corrected chi connectivity index (χ3v) is 5.15. The second kappa shape index (κ2) is 5.85. The molecule has 22 heavy (non-hydrogen) atoms. The van der Waals surface area contributed by atoms with Crippen molar-refractivity contribution in [3.63, 3.8) is 0 Å². The van der Waals surface area contributed by atoms with Crippen molar-refractivity contribution in [2.24, 2.45) is 5.41 Å². The fourth-order valence-electron chi connectivity index (χ4n) is 2.92. The van der Waals surface area contributed by atoms with Gasteiger partial charge in [-0.25, -0.2) is 4.98 Å². The van der Waals surface area contributed by atoms with Crippen LogP contribution < -0.4 is 15.4 Å². The molecule has 1 atom stereocenters. The van der Waals surface area contributed by atoms with Crippen LogP contribution in [0.15, 0.2) is 18.2 Å². The van der Waals surface area contributed by atoms with Crippen molar-refractivity contribution in [2.75, 3.05) is 19.0 Å². The molecule has 1 amide bonds. The van der Waals surface area contributed by atoms with Crippen LogP contribution in [0.4, 0.5) is 5.13 Å². The molecular formula is C16H21N3O2S. The number of carbonyl (C=O) groups excluding carboxylic acids is 1. The average molecular weight is 319 g/mol. The quantitative estimate of drug-likeness (QED) is 0.913. The van der Waals surface area contributed by atoms with Gasteiger partial charge < -0.3 is 15.4 Å². The Bertz CT molecular complexity index is 696. The molecule has 1 aliphatic heterocycles. The number of hydrogen-bond acceptors (Lipinski definition) is 5. The fourth-order valence-corrected chi connectivity index (χ4v) is 3.82. The first-order chi connectivity index (χ1) is 10.5. The summed E-state index contributed by atoms with van der Waals surface area (Å²) in [6.45, 7) is 5.15. The summed E-state index contributed by atoms with van der Waals surface area (Å²) < 4.78 is 6.22. The van der Waals surface area contributed by atoms with Gasteiger partial charge in [0.2, 0.25) is 5.91 Å². The number of benzene rings is 1. The molecule has 1 saturated heterocycles. The zero-order chi connectivity index (χ0) is 15.7. The van der Waals surface area contributed by atoms with Gasteiger partial charge in [-0.1, -0.05) is 25.2 Å². The van der Waals surface area contributed by atoms with Gasteiger partial charge in [-0.2, -0.15) is 0 Å². The highest BCUT2D eigenvalue weighted by atomic mass is 32.1. The lowest BCUT2D eigenvalue weighted by atomic mass is 9.77. The maximum absolute atomic E-state index is 12.6. The Morgan fingerprint density at radius 3 is 3.05 bits per heavy atom. The van der Waals surface area contributed by atoms with Crippen LogP contribution in [0.2, 0.25) is 0 Å². The number of anilines is 1. The van der Waals surface area contributed by atoms with Crippen molar-refractivity contribution >= 4 is 32.6 Å². The van der Waals surface area contributed by atoms with Crippen molar-refractivity contribution in [1.82, 2.24) is 10.3 Å². The number of ether oxygens (including phenoxy) is 1. The molecule has 0 radical (unpaired) electrons. The van der Waals surface area contributed by atoms with Gasteiger partial charge in [-0.05, 0) is 43.0 Å². The monoisotopic (exact) mass is 319 g/mol. The number of fused-ring (bicyclic) bond motifs is 1. The van der Waals surface area contributed by atoms with E-state index in [1.54, 1.807) is 7.11 Å². The molecule has 2 heterocycles. The number of aromatic nitrogens is 1. The number of hydrogen-bond donors (Lipinski definition) is 2. The lowest BCUT2D eigenvalue weighted by Gasteiger charge is -2.37. The summed E-state index contributed by atoms with van der Waals surface area (Å²) in [6.07, 6.45) is 2.16. The zero-order valence-electron chi connectivity index (χ0n) is 13.1. The summed E-state index contributed by atoms with van der Waals surface area (Å²) in [4.78, 5) is 17.0. The highest BCUT2D eigenvalue weighted by Gasteiger charge is 2.37. The first-order valence-corrected chi connectivity index (χ1v) is 8.30. The lowest BCUT2D eigenvalue weighted by Crippen LogP contribution is -2.53. The van der Waals surface area contributed by atoms with Gasteiger partial charge in [0.25, 0.3) is 0 Å². The number of methoxy groups -OCH3 is 1. The predicted molar refractivity (Wildman–Crippen MR) is 89.6 cm³/mol. The number of nitrogens with one attached hydrogen (secondary N) is 2. The minimum atomic E-state index is -0.178. The minimum absolute atomic E-state index is 0.00396. The van der Waals surface area contributed by atoms with Crippen molar-refractivity contribution < 1.29 is 9.53 Å². The van der Waals surface area contributed by atoms with Crippen molar-refractivity contribution in [2.45, 2.75) is 32.7 Å². The van der Waals surface area contributed by atoms with Crippen LogP contribution in [0.5, 0.6) is 5.75 Å². The predicted octanol–water partition coefficient (Wildman–Crippen LogP) is 3.02. The van der Waals surface area contributed by atoms with E-state index in [2.05, 4.69) is 29.5 Å². The molecule has 0 bridgehead atoms. The van der Waals surface area contributed by atoms with Crippen molar-refractivity contribution in [1.29, 1.82) is 0 Å². The molecule has 0 saturated carbocycles. The normalized spacial score (nSPS) is 20.8. The van der Waals surface area contributed by atoms with E-state index in [-0.39, 0.29) is 17.4 Å². The van der Waals surface area contributed by atoms with E-state index in [4.69, 9.17) is 4.74 Å². The Labute approximate surface area is 134 Å². The first-order valence-electron chi connectivity index (χ1n) is 7.48. The molecule has 6 heteroatoms.